The van der Waals surface area contributed by atoms with Gasteiger partial charge in [0.1, 0.15) is 5.69 Å². The molecule has 0 spiro atoms. The van der Waals surface area contributed by atoms with Gasteiger partial charge in [0, 0.05) is 42.9 Å². The molecule has 4 rings (SSSR count). The van der Waals surface area contributed by atoms with E-state index in [1.165, 1.54) is 0 Å². The van der Waals surface area contributed by atoms with Crippen molar-refractivity contribution < 1.29 is 9.21 Å². The minimum absolute atomic E-state index is 0.172. The quantitative estimate of drug-likeness (QED) is 0.632. The van der Waals surface area contributed by atoms with Crippen LogP contribution >= 0.6 is 0 Å². The molecule has 0 saturated carbocycles. The van der Waals surface area contributed by atoms with Gasteiger partial charge in [-0.15, -0.1) is 0 Å². The number of hydrogen-bond acceptors (Lipinski definition) is 3. The summed E-state index contributed by atoms with van der Waals surface area (Å²) >= 11 is 0. The van der Waals surface area contributed by atoms with E-state index < -0.39 is 0 Å². The van der Waals surface area contributed by atoms with Crippen molar-refractivity contribution in [1.29, 1.82) is 0 Å². The van der Waals surface area contributed by atoms with E-state index in [-0.39, 0.29) is 5.91 Å². The Hall–Kier alpha value is -3.28. The third-order valence-corrected chi connectivity index (χ3v) is 3.82. The van der Waals surface area contributed by atoms with Crippen molar-refractivity contribution in [3.63, 3.8) is 0 Å². The predicted molar refractivity (Wildman–Crippen MR) is 86.7 cm³/mol. The highest BCUT2D eigenvalue weighted by molar-refractivity contribution is 6.05. The zero-order chi connectivity index (χ0) is 15.8. The third kappa shape index (κ3) is 2.30. The minimum atomic E-state index is -0.172. The van der Waals surface area contributed by atoms with Crippen molar-refractivity contribution in [2.45, 2.75) is 0 Å². The van der Waals surface area contributed by atoms with Crippen LogP contribution in [0.5, 0.6) is 0 Å². The maximum absolute atomic E-state index is 12.4. The molecule has 0 aliphatic carbocycles. The molecule has 0 unspecified atom stereocenters. The van der Waals surface area contributed by atoms with Gasteiger partial charge < -0.3 is 18.9 Å². The van der Waals surface area contributed by atoms with Gasteiger partial charge in [-0.2, -0.15) is 0 Å². The molecule has 0 bridgehead atoms. The van der Waals surface area contributed by atoms with Crippen LogP contribution in [-0.4, -0.2) is 20.0 Å². The molecule has 0 radical (unpaired) electrons. The topological polar surface area (TPSA) is 65.0 Å². The average Bonchev–Trinajstić information content (AvgIpc) is 3.27. The summed E-state index contributed by atoms with van der Waals surface area (Å²) in [5, 5.41) is 2.90. The summed E-state index contributed by atoms with van der Waals surface area (Å²) in [6.45, 7) is 0. The SMILES string of the molecule is Cn1c(C(=O)Nc2ccc(-n3ccnc3)cc2)cc2occc21. The highest BCUT2D eigenvalue weighted by Crippen LogP contribution is 2.21. The fourth-order valence-electron chi connectivity index (χ4n) is 2.59. The standard InChI is InChI=1S/C17H14N4O2/c1-20-14-6-9-23-16(14)10-15(20)17(22)19-12-2-4-13(5-3-12)21-8-7-18-11-21/h2-11H,1H3,(H,19,22). The van der Waals surface area contributed by atoms with E-state index in [1.807, 2.05) is 52.7 Å². The molecule has 3 heterocycles. The van der Waals surface area contributed by atoms with E-state index in [0.29, 0.717) is 11.3 Å². The molecule has 6 heteroatoms. The number of anilines is 1. The minimum Gasteiger partial charge on any atom is -0.463 e. The molecule has 1 amide bonds. The van der Waals surface area contributed by atoms with Crippen LogP contribution in [0.3, 0.4) is 0 Å². The fraction of sp³-hybridized carbons (Fsp3) is 0.0588. The van der Waals surface area contributed by atoms with Gasteiger partial charge in [-0.3, -0.25) is 4.79 Å². The molecule has 1 aromatic carbocycles. The van der Waals surface area contributed by atoms with E-state index in [4.69, 9.17) is 4.42 Å². The summed E-state index contributed by atoms with van der Waals surface area (Å²) in [6, 6.07) is 11.2. The number of aryl methyl sites for hydroxylation is 1. The molecular formula is C17H14N4O2. The van der Waals surface area contributed by atoms with Crippen molar-refractivity contribution in [3.8, 4) is 5.69 Å². The van der Waals surface area contributed by atoms with Gasteiger partial charge in [0.05, 0.1) is 18.1 Å². The molecule has 0 atom stereocenters. The summed E-state index contributed by atoms with van der Waals surface area (Å²) in [5.41, 5.74) is 3.87. The molecule has 23 heavy (non-hydrogen) atoms. The van der Waals surface area contributed by atoms with Gasteiger partial charge in [0.2, 0.25) is 0 Å². The number of benzene rings is 1. The number of rotatable bonds is 3. The number of aromatic nitrogens is 3. The number of nitrogens with zero attached hydrogens (tertiary/aromatic N) is 3. The number of hydrogen-bond donors (Lipinski definition) is 1. The van der Waals surface area contributed by atoms with Gasteiger partial charge in [-0.1, -0.05) is 0 Å². The Morgan fingerprint density at radius 3 is 2.74 bits per heavy atom. The van der Waals surface area contributed by atoms with Crippen molar-refractivity contribution >= 4 is 22.7 Å². The lowest BCUT2D eigenvalue weighted by Gasteiger charge is -2.08. The van der Waals surface area contributed by atoms with Crippen LogP contribution in [0, 0.1) is 0 Å². The molecule has 0 fully saturated rings. The van der Waals surface area contributed by atoms with E-state index in [2.05, 4.69) is 10.3 Å². The average molecular weight is 306 g/mol. The maximum Gasteiger partial charge on any atom is 0.272 e. The van der Waals surface area contributed by atoms with Gasteiger partial charge in [-0.25, -0.2) is 4.98 Å². The van der Waals surface area contributed by atoms with Crippen molar-refractivity contribution in [3.05, 3.63) is 67.1 Å². The summed E-state index contributed by atoms with van der Waals surface area (Å²) in [5.74, 6) is -0.172. The van der Waals surface area contributed by atoms with Gasteiger partial charge >= 0.3 is 0 Å². The number of fused-ring (bicyclic) bond motifs is 1. The van der Waals surface area contributed by atoms with Crippen LogP contribution in [0.25, 0.3) is 16.8 Å². The first-order chi connectivity index (χ1) is 11.2. The molecule has 0 saturated heterocycles. The van der Waals surface area contributed by atoms with E-state index in [9.17, 15) is 4.79 Å². The Morgan fingerprint density at radius 1 is 1.22 bits per heavy atom. The number of furan rings is 1. The van der Waals surface area contributed by atoms with Crippen LogP contribution in [0.4, 0.5) is 5.69 Å². The van der Waals surface area contributed by atoms with Gasteiger partial charge in [0.15, 0.2) is 5.58 Å². The molecular weight excluding hydrogens is 292 g/mol. The number of imidazole rings is 1. The maximum atomic E-state index is 12.4. The van der Waals surface area contributed by atoms with Gasteiger partial charge in [0.25, 0.3) is 5.91 Å². The van der Waals surface area contributed by atoms with E-state index >= 15 is 0 Å². The Morgan fingerprint density at radius 2 is 2.04 bits per heavy atom. The summed E-state index contributed by atoms with van der Waals surface area (Å²) in [6.07, 6.45) is 6.93. The number of carbonyl (C=O) groups is 1. The fourth-order valence-corrected chi connectivity index (χ4v) is 2.59. The Kier molecular flexibility index (Phi) is 3.01. The Labute approximate surface area is 132 Å². The summed E-state index contributed by atoms with van der Waals surface area (Å²) in [4.78, 5) is 16.4. The number of nitrogens with one attached hydrogen (secondary N) is 1. The molecule has 114 valence electrons. The zero-order valence-electron chi connectivity index (χ0n) is 12.4. The highest BCUT2D eigenvalue weighted by Gasteiger charge is 2.15. The first-order valence-electron chi connectivity index (χ1n) is 7.15. The first-order valence-corrected chi connectivity index (χ1v) is 7.15. The molecule has 0 aliphatic rings. The van der Waals surface area contributed by atoms with Crippen molar-refractivity contribution in [2.75, 3.05) is 5.32 Å². The number of amides is 1. The molecule has 1 N–H and O–H groups in total. The molecule has 6 nitrogen and oxygen atoms in total. The highest BCUT2D eigenvalue weighted by atomic mass is 16.3. The molecule has 4 aromatic rings. The Balaban J connectivity index is 1.56. The smallest absolute Gasteiger partial charge is 0.272 e. The van der Waals surface area contributed by atoms with E-state index in [0.717, 1.165) is 16.9 Å². The van der Waals surface area contributed by atoms with E-state index in [1.54, 1.807) is 24.9 Å². The summed E-state index contributed by atoms with van der Waals surface area (Å²) in [7, 11) is 1.84. The summed E-state index contributed by atoms with van der Waals surface area (Å²) < 4.78 is 9.04. The second kappa shape index (κ2) is 5.17. The lowest BCUT2D eigenvalue weighted by atomic mass is 10.2. The lowest BCUT2D eigenvalue weighted by molar-refractivity contribution is 0.101. The lowest BCUT2D eigenvalue weighted by Crippen LogP contribution is -2.15. The predicted octanol–water partition coefficient (Wildman–Crippen LogP) is 3.21. The zero-order valence-corrected chi connectivity index (χ0v) is 12.4. The van der Waals surface area contributed by atoms with Crippen LogP contribution < -0.4 is 5.32 Å². The van der Waals surface area contributed by atoms with Crippen LogP contribution in [0.15, 0.2) is 65.8 Å². The van der Waals surface area contributed by atoms with Crippen LogP contribution in [-0.2, 0) is 7.05 Å². The second-order valence-electron chi connectivity index (χ2n) is 5.23. The van der Waals surface area contributed by atoms with Gasteiger partial charge in [-0.05, 0) is 24.3 Å². The second-order valence-corrected chi connectivity index (χ2v) is 5.23. The molecule has 0 aliphatic heterocycles. The van der Waals surface area contributed by atoms with Crippen molar-refractivity contribution in [2.24, 2.45) is 7.05 Å². The molecule has 3 aromatic heterocycles. The normalized spacial score (nSPS) is 11.0. The van der Waals surface area contributed by atoms with Crippen molar-refractivity contribution in [1.82, 2.24) is 14.1 Å². The number of carbonyl (C=O) groups excluding carboxylic acids is 1. The first kappa shape index (κ1) is 13.4. The van der Waals surface area contributed by atoms with Crippen LogP contribution in [0.2, 0.25) is 0 Å². The third-order valence-electron chi connectivity index (χ3n) is 3.82. The van der Waals surface area contributed by atoms with Crippen LogP contribution in [0.1, 0.15) is 10.5 Å². The largest absolute Gasteiger partial charge is 0.463 e. The Bertz CT molecular complexity index is 962. The monoisotopic (exact) mass is 306 g/mol.